The minimum atomic E-state index is -1.76. The van der Waals surface area contributed by atoms with E-state index in [4.69, 9.17) is 9.47 Å². The zero-order valence-corrected chi connectivity index (χ0v) is 19.3. The van der Waals surface area contributed by atoms with Crippen molar-refractivity contribution >= 4 is 29.0 Å². The Hall–Kier alpha value is -3.65. The number of ether oxygens (including phenoxy) is 2. The summed E-state index contributed by atoms with van der Waals surface area (Å²) in [6.45, 7) is 4.28. The topological polar surface area (TPSA) is 96.4 Å². The largest absolute Gasteiger partial charge is 0.507 e. The molecule has 5 rings (SSSR count). The van der Waals surface area contributed by atoms with Gasteiger partial charge in [-0.2, -0.15) is 0 Å². The summed E-state index contributed by atoms with van der Waals surface area (Å²) in [6, 6.07) is 12.2. The van der Waals surface area contributed by atoms with Gasteiger partial charge >= 0.3 is 0 Å². The molecule has 3 heterocycles. The molecule has 0 radical (unpaired) electrons. The van der Waals surface area contributed by atoms with Crippen LogP contribution >= 0.6 is 0 Å². The molecular weight excluding hydrogens is 436 g/mol. The van der Waals surface area contributed by atoms with Gasteiger partial charge in [0, 0.05) is 37.7 Å². The molecule has 1 N–H and O–H groups in total. The maximum absolute atomic E-state index is 14.0. The van der Waals surface area contributed by atoms with Gasteiger partial charge in [0.15, 0.2) is 5.54 Å². The van der Waals surface area contributed by atoms with Gasteiger partial charge in [0.1, 0.15) is 17.6 Å². The number of aliphatic hydroxyl groups excluding tert-OH is 1. The first kappa shape index (κ1) is 22.2. The van der Waals surface area contributed by atoms with Gasteiger partial charge in [0.2, 0.25) is 0 Å². The Balaban J connectivity index is 1.78. The monoisotopic (exact) mass is 462 g/mol. The van der Waals surface area contributed by atoms with Crippen molar-refractivity contribution in [3.63, 3.8) is 0 Å². The number of fused-ring (bicyclic) bond motifs is 3. The maximum atomic E-state index is 14.0. The summed E-state index contributed by atoms with van der Waals surface area (Å²) in [5.41, 5.74) is 0.395. The molecule has 2 aromatic rings. The van der Waals surface area contributed by atoms with Crippen molar-refractivity contribution in [1.29, 1.82) is 0 Å². The Morgan fingerprint density at radius 1 is 1.21 bits per heavy atom. The van der Waals surface area contributed by atoms with E-state index in [0.29, 0.717) is 29.8 Å². The second kappa shape index (κ2) is 7.99. The molecule has 1 spiro atoms. The normalized spacial score (nSPS) is 24.7. The van der Waals surface area contributed by atoms with E-state index in [1.807, 2.05) is 13.8 Å². The van der Waals surface area contributed by atoms with Crippen LogP contribution in [0, 0.1) is 0 Å². The summed E-state index contributed by atoms with van der Waals surface area (Å²) in [4.78, 5) is 43.6. The number of para-hydroxylation sites is 1. The average molecular weight is 463 g/mol. The van der Waals surface area contributed by atoms with E-state index < -0.39 is 23.1 Å². The Labute approximate surface area is 197 Å². The van der Waals surface area contributed by atoms with E-state index in [0.717, 1.165) is 11.3 Å². The molecule has 0 bridgehead atoms. The number of likely N-dealkylation sites (N-methyl/N-ethyl adjacent to an activating group) is 1. The zero-order valence-electron chi connectivity index (χ0n) is 19.3. The smallest absolute Gasteiger partial charge is 0.296 e. The lowest BCUT2D eigenvalue weighted by atomic mass is 9.81. The summed E-state index contributed by atoms with van der Waals surface area (Å²) < 4.78 is 10.9. The third-order valence-corrected chi connectivity index (χ3v) is 6.81. The number of likely N-dealkylation sites (tertiary alicyclic amines) is 1. The molecule has 2 aromatic carbocycles. The number of nitrogens with zero attached hydrogens (tertiary/aromatic N) is 2. The van der Waals surface area contributed by atoms with E-state index >= 15 is 0 Å². The Morgan fingerprint density at radius 3 is 2.71 bits per heavy atom. The number of hydrogen-bond donors (Lipinski definition) is 1. The number of anilines is 1. The third-order valence-electron chi connectivity index (χ3n) is 6.81. The molecule has 34 heavy (non-hydrogen) atoms. The molecule has 3 aliphatic rings. The first-order valence-electron chi connectivity index (χ1n) is 11.4. The van der Waals surface area contributed by atoms with Gasteiger partial charge in [0.25, 0.3) is 17.6 Å². The molecule has 8 nitrogen and oxygen atoms in total. The predicted octanol–water partition coefficient (Wildman–Crippen LogP) is 2.60. The van der Waals surface area contributed by atoms with Crippen LogP contribution in [0.25, 0.3) is 5.76 Å². The summed E-state index contributed by atoms with van der Waals surface area (Å²) in [5, 5.41) is 11.5. The fourth-order valence-corrected chi connectivity index (χ4v) is 5.38. The highest BCUT2D eigenvalue weighted by molar-refractivity contribution is 6.50. The number of methoxy groups -OCH3 is 1. The van der Waals surface area contributed by atoms with Crippen LogP contribution in [-0.2, 0) is 31.1 Å². The predicted molar refractivity (Wildman–Crippen MR) is 125 cm³/mol. The van der Waals surface area contributed by atoms with Gasteiger partial charge in [-0.15, -0.1) is 0 Å². The number of Topliss-reactive ketones (excluding diaryl/α,β-unsaturated/α-hetero) is 1. The third kappa shape index (κ3) is 2.84. The zero-order chi connectivity index (χ0) is 24.2. The van der Waals surface area contributed by atoms with Crippen molar-refractivity contribution in [2.75, 3.05) is 31.7 Å². The van der Waals surface area contributed by atoms with Crippen molar-refractivity contribution in [2.24, 2.45) is 0 Å². The highest BCUT2D eigenvalue weighted by Crippen LogP contribution is 2.53. The standard InChI is InChI=1S/C26H26N2O6/c1-4-27-19-8-6-5-7-18(19)26(25(27)32)21(23(30)24(31)28(26)11-12-33-3)22(29)16-9-10-20-17(14-16)13-15(2)34-20/h5-10,14-15,29H,4,11-13H2,1-3H3/t15-,26-/m0/s1. The molecule has 8 heteroatoms. The van der Waals surface area contributed by atoms with E-state index in [9.17, 15) is 19.5 Å². The van der Waals surface area contributed by atoms with Crippen molar-refractivity contribution in [3.8, 4) is 5.75 Å². The fraction of sp³-hybridized carbons (Fsp3) is 0.346. The molecule has 3 aliphatic heterocycles. The Kier molecular flexibility index (Phi) is 5.20. The number of rotatable bonds is 5. The van der Waals surface area contributed by atoms with E-state index in [1.54, 1.807) is 47.4 Å². The van der Waals surface area contributed by atoms with Crippen LogP contribution in [0.4, 0.5) is 5.69 Å². The molecule has 1 saturated heterocycles. The van der Waals surface area contributed by atoms with Crippen molar-refractivity contribution in [1.82, 2.24) is 4.90 Å². The number of ketones is 1. The Morgan fingerprint density at radius 2 is 1.97 bits per heavy atom. The molecule has 0 aliphatic carbocycles. The number of carbonyl (C=O) groups is 3. The molecule has 0 saturated carbocycles. The van der Waals surface area contributed by atoms with Crippen LogP contribution in [0.1, 0.15) is 30.5 Å². The number of hydrogen-bond acceptors (Lipinski definition) is 6. The number of amides is 2. The van der Waals surface area contributed by atoms with E-state index in [2.05, 4.69) is 0 Å². The van der Waals surface area contributed by atoms with E-state index in [-0.39, 0.29) is 30.6 Å². The van der Waals surface area contributed by atoms with Crippen molar-refractivity contribution < 1.29 is 29.0 Å². The average Bonchev–Trinajstić information content (AvgIpc) is 3.40. The van der Waals surface area contributed by atoms with Crippen LogP contribution in [0.15, 0.2) is 48.0 Å². The first-order chi connectivity index (χ1) is 16.4. The first-order valence-corrected chi connectivity index (χ1v) is 11.4. The van der Waals surface area contributed by atoms with Crippen LogP contribution in [-0.4, -0.2) is 60.5 Å². The van der Waals surface area contributed by atoms with Crippen molar-refractivity contribution in [3.05, 3.63) is 64.7 Å². The molecular formula is C26H26N2O6. The lowest BCUT2D eigenvalue weighted by Gasteiger charge is -2.34. The number of carbonyl (C=O) groups excluding carboxylic acids is 3. The van der Waals surface area contributed by atoms with Crippen molar-refractivity contribution in [2.45, 2.75) is 31.9 Å². The quantitative estimate of drug-likeness (QED) is 0.417. The lowest BCUT2D eigenvalue weighted by molar-refractivity contribution is -0.144. The minimum Gasteiger partial charge on any atom is -0.507 e. The number of benzene rings is 2. The highest BCUT2D eigenvalue weighted by Gasteiger charge is 2.66. The minimum absolute atomic E-state index is 0.00649. The van der Waals surface area contributed by atoms with Crippen LogP contribution in [0.5, 0.6) is 5.75 Å². The van der Waals surface area contributed by atoms with Gasteiger partial charge in [-0.05, 0) is 43.7 Å². The Bertz CT molecular complexity index is 1250. The number of aliphatic hydroxyl groups is 1. The summed E-state index contributed by atoms with van der Waals surface area (Å²) in [5.74, 6) is -1.82. The van der Waals surface area contributed by atoms with Gasteiger partial charge in [-0.1, -0.05) is 18.2 Å². The van der Waals surface area contributed by atoms with E-state index in [1.165, 1.54) is 12.0 Å². The van der Waals surface area contributed by atoms with Crippen LogP contribution in [0.3, 0.4) is 0 Å². The summed E-state index contributed by atoms with van der Waals surface area (Å²) in [6.07, 6.45) is 0.668. The molecule has 1 fully saturated rings. The highest BCUT2D eigenvalue weighted by atomic mass is 16.5. The second-order valence-electron chi connectivity index (χ2n) is 8.73. The van der Waals surface area contributed by atoms with Gasteiger partial charge < -0.3 is 24.4 Å². The molecule has 0 aromatic heterocycles. The summed E-state index contributed by atoms with van der Waals surface area (Å²) >= 11 is 0. The van der Waals surface area contributed by atoms with Gasteiger partial charge in [-0.3, -0.25) is 14.4 Å². The van der Waals surface area contributed by atoms with Gasteiger partial charge in [-0.25, -0.2) is 0 Å². The van der Waals surface area contributed by atoms with Crippen LogP contribution < -0.4 is 9.64 Å². The summed E-state index contributed by atoms with van der Waals surface area (Å²) in [7, 11) is 1.49. The SMILES string of the molecule is CCN1C(=O)[C@@]2(C(=C(O)c3ccc4c(c3)C[C@H](C)O4)C(=O)C(=O)N2CCOC)c2ccccc21. The second-order valence-corrected chi connectivity index (χ2v) is 8.73. The van der Waals surface area contributed by atoms with Crippen LogP contribution in [0.2, 0.25) is 0 Å². The molecule has 2 atom stereocenters. The van der Waals surface area contributed by atoms with Gasteiger partial charge in [0.05, 0.1) is 17.9 Å². The maximum Gasteiger partial charge on any atom is 0.296 e. The molecule has 176 valence electrons. The fourth-order valence-electron chi connectivity index (χ4n) is 5.38. The lowest BCUT2D eigenvalue weighted by Crippen LogP contribution is -2.52. The molecule has 0 unspecified atom stereocenters. The molecule has 2 amide bonds.